The summed E-state index contributed by atoms with van der Waals surface area (Å²) in [5.41, 5.74) is 2.24. The third-order valence-electron chi connectivity index (χ3n) is 3.92. The Hall–Kier alpha value is -1.81. The molecule has 0 saturated heterocycles. The Labute approximate surface area is 134 Å². The van der Waals surface area contributed by atoms with E-state index in [1.54, 1.807) is 12.1 Å². The number of fused-ring (bicyclic) bond motifs is 1. The van der Waals surface area contributed by atoms with Crippen molar-refractivity contribution >= 4 is 23.4 Å². The second kappa shape index (κ2) is 6.13. The van der Waals surface area contributed by atoms with Crippen molar-refractivity contribution in [2.24, 2.45) is 0 Å². The Bertz CT molecular complexity index is 686. The number of halogens is 1. The molecular formula is C18H18FNOS. The van der Waals surface area contributed by atoms with E-state index in [2.05, 4.69) is 13.0 Å². The highest BCUT2D eigenvalue weighted by atomic mass is 32.2. The molecule has 0 fully saturated rings. The number of benzene rings is 2. The van der Waals surface area contributed by atoms with Gasteiger partial charge in [0, 0.05) is 16.6 Å². The maximum absolute atomic E-state index is 13.0. The molecule has 0 N–H and O–H groups in total. The Morgan fingerprint density at radius 2 is 1.91 bits per heavy atom. The predicted octanol–water partition coefficient (Wildman–Crippen LogP) is 4.28. The fourth-order valence-electron chi connectivity index (χ4n) is 2.86. The first-order valence-corrected chi connectivity index (χ1v) is 8.27. The Kier molecular flexibility index (Phi) is 4.21. The fourth-order valence-corrected chi connectivity index (χ4v) is 3.78. The molecule has 0 aliphatic carbocycles. The van der Waals surface area contributed by atoms with Crippen LogP contribution in [0.5, 0.6) is 0 Å². The van der Waals surface area contributed by atoms with Crippen LogP contribution < -0.4 is 4.90 Å². The van der Waals surface area contributed by atoms with Gasteiger partial charge in [0.2, 0.25) is 5.91 Å². The number of carbonyl (C=O) groups is 1. The van der Waals surface area contributed by atoms with Crippen molar-refractivity contribution in [3.05, 3.63) is 59.9 Å². The van der Waals surface area contributed by atoms with E-state index in [9.17, 15) is 9.18 Å². The van der Waals surface area contributed by atoms with Crippen molar-refractivity contribution in [1.29, 1.82) is 0 Å². The van der Waals surface area contributed by atoms with Gasteiger partial charge in [-0.05, 0) is 56.2 Å². The van der Waals surface area contributed by atoms with Gasteiger partial charge in [0.15, 0.2) is 0 Å². The minimum absolute atomic E-state index is 0.103. The lowest BCUT2D eigenvalue weighted by Crippen LogP contribution is -2.40. The van der Waals surface area contributed by atoms with Gasteiger partial charge in [-0.15, -0.1) is 11.8 Å². The Morgan fingerprint density at radius 3 is 2.64 bits per heavy atom. The summed E-state index contributed by atoms with van der Waals surface area (Å²) in [6.45, 7) is 3.98. The molecule has 2 aromatic carbocycles. The van der Waals surface area contributed by atoms with E-state index in [-0.39, 0.29) is 23.0 Å². The van der Waals surface area contributed by atoms with Gasteiger partial charge in [0.1, 0.15) is 5.82 Å². The zero-order chi connectivity index (χ0) is 15.7. The summed E-state index contributed by atoms with van der Waals surface area (Å²) in [4.78, 5) is 15.6. The van der Waals surface area contributed by atoms with Crippen LogP contribution in [0.25, 0.3) is 0 Å². The molecule has 1 amide bonds. The molecule has 1 heterocycles. The number of hydrogen-bond acceptors (Lipinski definition) is 2. The molecule has 0 aromatic heterocycles. The van der Waals surface area contributed by atoms with Crippen molar-refractivity contribution in [2.75, 3.05) is 4.90 Å². The van der Waals surface area contributed by atoms with E-state index < -0.39 is 0 Å². The highest BCUT2D eigenvalue weighted by Crippen LogP contribution is 2.34. The highest BCUT2D eigenvalue weighted by Gasteiger charge is 2.33. The molecule has 0 bridgehead atoms. The van der Waals surface area contributed by atoms with Gasteiger partial charge >= 0.3 is 0 Å². The first-order valence-electron chi connectivity index (χ1n) is 7.39. The summed E-state index contributed by atoms with van der Waals surface area (Å²) in [5, 5.41) is -0.209. The molecule has 0 unspecified atom stereocenters. The first kappa shape index (κ1) is 15.1. The van der Waals surface area contributed by atoms with Gasteiger partial charge in [-0.1, -0.05) is 18.2 Å². The quantitative estimate of drug-likeness (QED) is 0.788. The summed E-state index contributed by atoms with van der Waals surface area (Å²) in [6.07, 6.45) is 0.899. The molecule has 2 atom stereocenters. The standard InChI is InChI=1S/C18H18FNOS/c1-12-11-14-5-3-4-6-17(14)20(12)18(21)13(2)22-16-9-7-15(19)8-10-16/h3-10,12-13H,11H2,1-2H3/t12-,13-/m0/s1. The maximum atomic E-state index is 13.0. The van der Waals surface area contributed by atoms with Crippen LogP contribution in [0, 0.1) is 5.82 Å². The summed E-state index contributed by atoms with van der Waals surface area (Å²) < 4.78 is 13.0. The van der Waals surface area contributed by atoms with Gasteiger partial charge in [0.25, 0.3) is 0 Å². The molecular weight excluding hydrogens is 297 g/mol. The normalized spacial score (nSPS) is 18.1. The lowest BCUT2D eigenvalue weighted by atomic mass is 10.1. The number of anilines is 1. The third-order valence-corrected chi connectivity index (χ3v) is 5.02. The molecule has 0 spiro atoms. The molecule has 1 aliphatic rings. The average Bonchev–Trinajstić information content (AvgIpc) is 2.84. The number of carbonyl (C=O) groups excluding carboxylic acids is 1. The zero-order valence-corrected chi connectivity index (χ0v) is 13.4. The minimum atomic E-state index is -0.259. The van der Waals surface area contributed by atoms with E-state index in [1.807, 2.05) is 30.0 Å². The average molecular weight is 315 g/mol. The number of amides is 1. The van der Waals surface area contributed by atoms with Crippen LogP contribution >= 0.6 is 11.8 Å². The maximum Gasteiger partial charge on any atom is 0.240 e. The van der Waals surface area contributed by atoms with E-state index in [1.165, 1.54) is 29.5 Å². The van der Waals surface area contributed by atoms with E-state index in [0.717, 1.165) is 17.0 Å². The lowest BCUT2D eigenvalue weighted by molar-refractivity contribution is -0.118. The SMILES string of the molecule is C[C@H](Sc1ccc(F)cc1)C(=O)N1c2ccccc2C[C@@H]1C. The summed E-state index contributed by atoms with van der Waals surface area (Å²) in [7, 11) is 0. The molecule has 4 heteroatoms. The number of rotatable bonds is 3. The summed E-state index contributed by atoms with van der Waals surface area (Å²) >= 11 is 1.47. The predicted molar refractivity (Wildman–Crippen MR) is 88.8 cm³/mol. The van der Waals surface area contributed by atoms with E-state index >= 15 is 0 Å². The highest BCUT2D eigenvalue weighted by molar-refractivity contribution is 8.00. The van der Waals surface area contributed by atoms with Gasteiger partial charge in [-0.2, -0.15) is 0 Å². The van der Waals surface area contributed by atoms with Crippen LogP contribution in [0.1, 0.15) is 19.4 Å². The number of nitrogens with zero attached hydrogens (tertiary/aromatic N) is 1. The van der Waals surface area contributed by atoms with Crippen LogP contribution in [-0.4, -0.2) is 17.2 Å². The van der Waals surface area contributed by atoms with Gasteiger partial charge in [-0.3, -0.25) is 4.79 Å². The second-order valence-corrected chi connectivity index (χ2v) is 7.02. The topological polar surface area (TPSA) is 20.3 Å². The van der Waals surface area contributed by atoms with Gasteiger partial charge in [0.05, 0.1) is 5.25 Å². The second-order valence-electron chi connectivity index (χ2n) is 5.60. The Balaban J connectivity index is 1.77. The van der Waals surface area contributed by atoms with Crippen molar-refractivity contribution in [2.45, 2.75) is 36.5 Å². The molecule has 0 saturated carbocycles. The van der Waals surface area contributed by atoms with Crippen molar-refractivity contribution in [3.63, 3.8) is 0 Å². The molecule has 1 aliphatic heterocycles. The molecule has 114 valence electrons. The van der Waals surface area contributed by atoms with Crippen LogP contribution in [-0.2, 0) is 11.2 Å². The first-order chi connectivity index (χ1) is 10.6. The smallest absolute Gasteiger partial charge is 0.240 e. The van der Waals surface area contributed by atoms with E-state index in [4.69, 9.17) is 0 Å². The molecule has 0 radical (unpaired) electrons. The number of para-hydroxylation sites is 1. The Morgan fingerprint density at radius 1 is 1.23 bits per heavy atom. The van der Waals surface area contributed by atoms with Crippen molar-refractivity contribution in [1.82, 2.24) is 0 Å². The molecule has 2 aromatic rings. The fraction of sp³-hybridized carbons (Fsp3) is 0.278. The van der Waals surface area contributed by atoms with Crippen LogP contribution in [0.3, 0.4) is 0 Å². The number of hydrogen-bond donors (Lipinski definition) is 0. The summed E-state index contributed by atoms with van der Waals surface area (Å²) in [5.74, 6) is -0.155. The largest absolute Gasteiger partial charge is 0.308 e. The van der Waals surface area contributed by atoms with Gasteiger partial charge < -0.3 is 4.90 Å². The monoisotopic (exact) mass is 315 g/mol. The van der Waals surface area contributed by atoms with Crippen molar-refractivity contribution < 1.29 is 9.18 Å². The third kappa shape index (κ3) is 2.88. The lowest BCUT2D eigenvalue weighted by Gasteiger charge is -2.25. The molecule has 22 heavy (non-hydrogen) atoms. The molecule has 2 nitrogen and oxygen atoms in total. The minimum Gasteiger partial charge on any atom is -0.308 e. The van der Waals surface area contributed by atoms with Crippen molar-refractivity contribution in [3.8, 4) is 0 Å². The molecule has 3 rings (SSSR count). The zero-order valence-electron chi connectivity index (χ0n) is 12.6. The van der Waals surface area contributed by atoms with E-state index in [0.29, 0.717) is 0 Å². The number of thioether (sulfide) groups is 1. The summed E-state index contributed by atoms with van der Waals surface area (Å²) in [6, 6.07) is 14.5. The van der Waals surface area contributed by atoms with Crippen LogP contribution in [0.2, 0.25) is 0 Å². The van der Waals surface area contributed by atoms with Crippen LogP contribution in [0.4, 0.5) is 10.1 Å². The van der Waals surface area contributed by atoms with Gasteiger partial charge in [-0.25, -0.2) is 4.39 Å². The van der Waals surface area contributed by atoms with Crippen LogP contribution in [0.15, 0.2) is 53.4 Å².